The van der Waals surface area contributed by atoms with Crippen LogP contribution in [0.5, 0.6) is 0 Å². The average Bonchev–Trinajstić information content (AvgIpc) is 2.85. The molecule has 4 heteroatoms. The Morgan fingerprint density at radius 1 is 1.32 bits per heavy atom. The molecular formula is C15H17BrN2S. The van der Waals surface area contributed by atoms with Crippen molar-refractivity contribution in [2.75, 3.05) is 19.6 Å². The molecule has 1 unspecified atom stereocenters. The van der Waals surface area contributed by atoms with E-state index in [1.165, 1.54) is 14.9 Å². The molecule has 1 aromatic carbocycles. The molecule has 100 valence electrons. The van der Waals surface area contributed by atoms with Crippen molar-refractivity contribution in [1.82, 2.24) is 10.2 Å². The first kappa shape index (κ1) is 13.3. The molecule has 0 radical (unpaired) electrons. The Morgan fingerprint density at radius 3 is 2.89 bits per heavy atom. The lowest BCUT2D eigenvalue weighted by Crippen LogP contribution is -2.45. The van der Waals surface area contributed by atoms with Crippen molar-refractivity contribution in [2.24, 2.45) is 0 Å². The van der Waals surface area contributed by atoms with Crippen LogP contribution in [0.25, 0.3) is 0 Å². The summed E-state index contributed by atoms with van der Waals surface area (Å²) in [6.07, 6.45) is 0. The minimum absolute atomic E-state index is 0.457. The summed E-state index contributed by atoms with van der Waals surface area (Å²) in [5.74, 6) is 0. The molecular weight excluding hydrogens is 320 g/mol. The van der Waals surface area contributed by atoms with E-state index in [2.05, 4.69) is 67.9 Å². The first-order valence-electron chi connectivity index (χ1n) is 6.55. The van der Waals surface area contributed by atoms with Gasteiger partial charge in [-0.1, -0.05) is 30.3 Å². The molecule has 1 aliphatic rings. The second kappa shape index (κ2) is 6.18. The first-order valence-corrected chi connectivity index (χ1v) is 8.22. The van der Waals surface area contributed by atoms with E-state index in [-0.39, 0.29) is 0 Å². The molecule has 1 atom stereocenters. The van der Waals surface area contributed by atoms with E-state index in [9.17, 15) is 0 Å². The fraction of sp³-hybridized carbons (Fsp3) is 0.333. The summed E-state index contributed by atoms with van der Waals surface area (Å²) < 4.78 is 1.20. The molecule has 2 heterocycles. The maximum atomic E-state index is 3.61. The fourth-order valence-electron chi connectivity index (χ4n) is 2.52. The molecule has 0 amide bonds. The normalized spacial score (nSPS) is 20.6. The predicted octanol–water partition coefficient (Wildman–Crippen LogP) is 3.66. The number of hydrogen-bond donors (Lipinski definition) is 1. The Bertz CT molecular complexity index is 526. The summed E-state index contributed by atoms with van der Waals surface area (Å²) in [7, 11) is 0. The van der Waals surface area contributed by atoms with E-state index >= 15 is 0 Å². The van der Waals surface area contributed by atoms with Gasteiger partial charge in [-0.2, -0.15) is 0 Å². The Hall–Kier alpha value is -0.680. The maximum absolute atomic E-state index is 3.61. The molecule has 19 heavy (non-hydrogen) atoms. The SMILES string of the molecule is Brc1csc(CN2CCNC(c3ccccc3)C2)c1. The molecule has 1 saturated heterocycles. The third-order valence-electron chi connectivity index (χ3n) is 3.46. The van der Waals surface area contributed by atoms with Crippen LogP contribution >= 0.6 is 27.3 Å². The minimum Gasteiger partial charge on any atom is -0.308 e. The second-order valence-electron chi connectivity index (χ2n) is 4.88. The molecule has 0 saturated carbocycles. The van der Waals surface area contributed by atoms with Gasteiger partial charge in [0.05, 0.1) is 0 Å². The van der Waals surface area contributed by atoms with E-state index in [0.29, 0.717) is 6.04 Å². The van der Waals surface area contributed by atoms with Crippen molar-refractivity contribution in [3.8, 4) is 0 Å². The van der Waals surface area contributed by atoms with Crippen LogP contribution in [-0.2, 0) is 6.54 Å². The van der Waals surface area contributed by atoms with E-state index in [1.54, 1.807) is 0 Å². The summed E-state index contributed by atoms with van der Waals surface area (Å²) >= 11 is 5.36. The predicted molar refractivity (Wildman–Crippen MR) is 84.5 cm³/mol. The van der Waals surface area contributed by atoms with Gasteiger partial charge in [0, 0.05) is 47.0 Å². The minimum atomic E-state index is 0.457. The summed E-state index contributed by atoms with van der Waals surface area (Å²) in [5, 5.41) is 5.77. The van der Waals surface area contributed by atoms with Crippen LogP contribution in [0.1, 0.15) is 16.5 Å². The van der Waals surface area contributed by atoms with Crippen molar-refractivity contribution in [3.05, 3.63) is 56.7 Å². The maximum Gasteiger partial charge on any atom is 0.0449 e. The van der Waals surface area contributed by atoms with Gasteiger partial charge < -0.3 is 5.32 Å². The zero-order chi connectivity index (χ0) is 13.1. The molecule has 1 aromatic heterocycles. The van der Waals surface area contributed by atoms with E-state index in [0.717, 1.165) is 26.2 Å². The van der Waals surface area contributed by atoms with Gasteiger partial charge in [-0.3, -0.25) is 4.90 Å². The Morgan fingerprint density at radius 2 is 2.16 bits per heavy atom. The quantitative estimate of drug-likeness (QED) is 0.920. The van der Waals surface area contributed by atoms with Gasteiger partial charge in [0.25, 0.3) is 0 Å². The van der Waals surface area contributed by atoms with E-state index < -0.39 is 0 Å². The van der Waals surface area contributed by atoms with Crippen LogP contribution in [-0.4, -0.2) is 24.5 Å². The number of piperazine rings is 1. The third-order valence-corrected chi connectivity index (χ3v) is 5.15. The third kappa shape index (κ3) is 3.45. The average molecular weight is 337 g/mol. The number of benzene rings is 1. The molecule has 3 rings (SSSR count). The number of thiophene rings is 1. The van der Waals surface area contributed by atoms with Crippen molar-refractivity contribution in [1.29, 1.82) is 0 Å². The zero-order valence-electron chi connectivity index (χ0n) is 10.7. The fourth-order valence-corrected chi connectivity index (χ4v) is 4.01. The topological polar surface area (TPSA) is 15.3 Å². The highest BCUT2D eigenvalue weighted by Crippen LogP contribution is 2.23. The summed E-state index contributed by atoms with van der Waals surface area (Å²) in [6, 6.07) is 13.4. The van der Waals surface area contributed by atoms with Crippen molar-refractivity contribution >= 4 is 27.3 Å². The highest BCUT2D eigenvalue weighted by atomic mass is 79.9. The first-order chi connectivity index (χ1) is 9.31. The Labute approximate surface area is 126 Å². The molecule has 2 aromatic rings. The number of nitrogens with one attached hydrogen (secondary N) is 1. The molecule has 0 aliphatic carbocycles. The summed E-state index contributed by atoms with van der Waals surface area (Å²) in [4.78, 5) is 3.97. The lowest BCUT2D eigenvalue weighted by atomic mass is 10.0. The molecule has 1 aliphatic heterocycles. The molecule has 0 bridgehead atoms. The number of halogens is 1. The molecule has 2 nitrogen and oxygen atoms in total. The van der Waals surface area contributed by atoms with Gasteiger partial charge in [0.15, 0.2) is 0 Å². The molecule has 0 spiro atoms. The lowest BCUT2D eigenvalue weighted by Gasteiger charge is -2.33. The monoisotopic (exact) mass is 336 g/mol. The largest absolute Gasteiger partial charge is 0.308 e. The lowest BCUT2D eigenvalue weighted by molar-refractivity contribution is 0.195. The van der Waals surface area contributed by atoms with Crippen molar-refractivity contribution in [2.45, 2.75) is 12.6 Å². The van der Waals surface area contributed by atoms with Crippen molar-refractivity contribution < 1.29 is 0 Å². The Balaban J connectivity index is 1.65. The van der Waals surface area contributed by atoms with Crippen LogP contribution < -0.4 is 5.32 Å². The van der Waals surface area contributed by atoms with Crippen LogP contribution in [0, 0.1) is 0 Å². The van der Waals surface area contributed by atoms with Gasteiger partial charge in [-0.25, -0.2) is 0 Å². The van der Waals surface area contributed by atoms with E-state index in [1.807, 2.05) is 11.3 Å². The molecule has 1 fully saturated rings. The van der Waals surface area contributed by atoms with Gasteiger partial charge in [0.1, 0.15) is 0 Å². The zero-order valence-corrected chi connectivity index (χ0v) is 13.1. The van der Waals surface area contributed by atoms with Gasteiger partial charge in [-0.15, -0.1) is 11.3 Å². The second-order valence-corrected chi connectivity index (χ2v) is 6.80. The smallest absolute Gasteiger partial charge is 0.0449 e. The van der Waals surface area contributed by atoms with Crippen molar-refractivity contribution in [3.63, 3.8) is 0 Å². The van der Waals surface area contributed by atoms with Crippen LogP contribution in [0.4, 0.5) is 0 Å². The Kier molecular flexibility index (Phi) is 4.33. The van der Waals surface area contributed by atoms with Crippen LogP contribution in [0.3, 0.4) is 0 Å². The van der Waals surface area contributed by atoms with Crippen LogP contribution in [0.2, 0.25) is 0 Å². The standard InChI is InChI=1S/C15H17BrN2S/c16-13-8-14(19-11-13)9-18-7-6-17-15(10-18)12-4-2-1-3-5-12/h1-5,8,11,15,17H,6-7,9-10H2. The van der Waals surface area contributed by atoms with Gasteiger partial charge in [-0.05, 0) is 27.6 Å². The number of hydrogen-bond acceptors (Lipinski definition) is 3. The van der Waals surface area contributed by atoms with Gasteiger partial charge in [0.2, 0.25) is 0 Å². The summed E-state index contributed by atoms with van der Waals surface area (Å²) in [5.41, 5.74) is 1.39. The summed E-state index contributed by atoms with van der Waals surface area (Å²) in [6.45, 7) is 4.33. The van der Waals surface area contributed by atoms with Gasteiger partial charge >= 0.3 is 0 Å². The highest BCUT2D eigenvalue weighted by molar-refractivity contribution is 9.10. The highest BCUT2D eigenvalue weighted by Gasteiger charge is 2.20. The van der Waals surface area contributed by atoms with E-state index in [4.69, 9.17) is 0 Å². The molecule has 1 N–H and O–H groups in total. The van der Waals surface area contributed by atoms with Crippen LogP contribution in [0.15, 0.2) is 46.3 Å². The number of nitrogens with zero attached hydrogens (tertiary/aromatic N) is 1. The number of rotatable bonds is 3.